The van der Waals surface area contributed by atoms with Gasteiger partial charge in [0.05, 0.1) is 33.0 Å². The lowest BCUT2D eigenvalue weighted by Crippen LogP contribution is -2.12. The van der Waals surface area contributed by atoms with E-state index in [0.717, 1.165) is 122 Å². The first-order valence-corrected chi connectivity index (χ1v) is 64.6. The largest absolute Gasteiger partial charge is 0.491 e. The molecule has 2 N–H and O–H groups in total. The van der Waals surface area contributed by atoms with Gasteiger partial charge in [-0.15, -0.1) is 0 Å². The van der Waals surface area contributed by atoms with Crippen molar-refractivity contribution in [3.63, 3.8) is 0 Å². The minimum atomic E-state index is 0.384. The number of aromatic nitrogens is 8. The second-order valence-electron chi connectivity index (χ2n) is 46.0. The Kier molecular flexibility index (Phi) is 70.6. The molecule has 0 amide bonds. The van der Waals surface area contributed by atoms with Crippen LogP contribution in [0.2, 0.25) is 0 Å². The highest BCUT2D eigenvalue weighted by Gasteiger charge is 2.27. The molecular formula is C135H224N8O4. The molecule has 7 aromatic rings. The van der Waals surface area contributed by atoms with Crippen molar-refractivity contribution in [3.8, 4) is 51.3 Å². The van der Waals surface area contributed by atoms with Gasteiger partial charge < -0.3 is 28.9 Å². The Hall–Kier alpha value is -6.08. The van der Waals surface area contributed by atoms with E-state index < -0.39 is 0 Å². The predicted molar refractivity (Wildman–Crippen MR) is 639 cm³/mol. The number of rotatable bonds is 100. The lowest BCUT2D eigenvalue weighted by atomic mass is 9.91. The smallest absolute Gasteiger partial charge is 0.164 e. The molecule has 0 radical (unpaired) electrons. The van der Waals surface area contributed by atoms with Crippen molar-refractivity contribution in [2.24, 2.45) is 0 Å². The molecule has 0 aliphatic carbocycles. The first-order valence-electron chi connectivity index (χ1n) is 64.6. The summed E-state index contributed by atoms with van der Waals surface area (Å²) in [4.78, 5) is 43.4. The summed E-state index contributed by atoms with van der Waals surface area (Å²) in [6, 6.07) is 21.7. The van der Waals surface area contributed by atoms with Crippen molar-refractivity contribution in [2.45, 2.75) is 619 Å². The number of fused-ring (bicyclic) bond motifs is 20. The summed E-state index contributed by atoms with van der Waals surface area (Å²) in [5.74, 6) is 3.43. The Morgan fingerprint density at radius 2 is 0.354 bits per heavy atom. The van der Waals surface area contributed by atoms with E-state index in [-0.39, 0.29) is 0 Å². The minimum absolute atomic E-state index is 0.384. The van der Waals surface area contributed by atoms with E-state index in [9.17, 15) is 0 Å². The molecule has 2 aliphatic heterocycles. The zero-order chi connectivity index (χ0) is 103. The third-order valence-electron chi connectivity index (χ3n) is 32.9. The Morgan fingerprint density at radius 3 is 0.565 bits per heavy atom. The highest BCUT2D eigenvalue weighted by molar-refractivity contribution is 6.07. The van der Waals surface area contributed by atoms with Gasteiger partial charge in [-0.05, 0) is 165 Å². The van der Waals surface area contributed by atoms with Crippen LogP contribution in [0.4, 0.5) is 0 Å². The second-order valence-corrected chi connectivity index (χ2v) is 46.0. The number of hydrogen-bond acceptors (Lipinski definition) is 10. The average molecular weight is 2020 g/mol. The number of methoxy groups -OCH3 is 1. The topological polar surface area (TPSA) is 146 Å². The predicted octanol–water partition coefficient (Wildman–Crippen LogP) is 43.1. The standard InChI is InChI=1S/C135H224N8O4/c1-8-14-20-26-32-38-44-50-56-62-68-74-80-86-92-113-106-121-122(107-114(113)93-87-81-75-69-63-57-51-45-39-33-27-21-15-9-2)130-138-129(121)136-128-120-99-98-119(147-105-104-146-103-102-145-101-100-144-7)112-127(120)135(137-128)143-134-126-111-118(97-91-85-79-73-67-61-55-49-43-37-31-25-19-13-6)117(96-90-84-78-72-66-60-54-48-42-36-30-24-18-12-5)110-125(126)133(142-134)141-132-124-109-116(95-89-83-77-71-65-59-53-47-41-35-29-23-17-11-4)115(108-123(124)131(139-130)140-132)94-88-82-76-70-64-58-52-46-40-34-28-22-16-10-3/h98-99,106-112H,8-97,100-105H2,1-7H3,(H2,136,137,138,139,140,141,142,143). The van der Waals surface area contributed by atoms with Gasteiger partial charge in [-0.3, -0.25) is 0 Å². The van der Waals surface area contributed by atoms with Crippen LogP contribution in [0.5, 0.6) is 5.75 Å². The van der Waals surface area contributed by atoms with Crippen molar-refractivity contribution in [1.82, 2.24) is 39.9 Å². The van der Waals surface area contributed by atoms with Crippen LogP contribution in [0.1, 0.15) is 614 Å². The monoisotopic (exact) mass is 2020 g/mol. The summed E-state index contributed by atoms with van der Waals surface area (Å²) in [7, 11) is 1.71. The van der Waals surface area contributed by atoms with E-state index in [1.165, 1.54) is 573 Å². The fraction of sp³-hybridized carbons (Fsp3) is 0.763. The molecule has 3 aromatic heterocycles. The summed E-state index contributed by atoms with van der Waals surface area (Å²) in [6.07, 6.45) is 120. The first kappa shape index (κ1) is 124. The molecule has 828 valence electrons. The molecular weight excluding hydrogens is 1800 g/mol. The SMILES string of the molecule is CCCCCCCCCCCCCCCCc1cc2c(cc1CCCCCCCCCCCCCCCC)-c1nc-2nc2[nH]c(nc3nc(nc4[nH]c(n1)c1cc(CCCCCCCCCCCCCCCC)c(CCCCCCCCCCCCCCCC)cc41)-c1cc(OCCOCCOCCOC)ccc1-3)c1cc(CCCCCCCCCCCCCCCC)c(CCCCCCCCCCCCCCCC)cc21. The maximum absolute atomic E-state index is 6.65. The number of H-pyrrole nitrogens is 2. The molecule has 0 atom stereocenters. The number of hydrogen-bond donors (Lipinski definition) is 2. The van der Waals surface area contributed by atoms with Gasteiger partial charge in [0.15, 0.2) is 23.3 Å². The van der Waals surface area contributed by atoms with Gasteiger partial charge in [0, 0.05) is 50.9 Å². The van der Waals surface area contributed by atoms with Crippen LogP contribution in [-0.2, 0) is 52.7 Å². The Labute approximate surface area is 902 Å². The van der Waals surface area contributed by atoms with Gasteiger partial charge in [-0.2, -0.15) is 0 Å². The van der Waals surface area contributed by atoms with Crippen molar-refractivity contribution < 1.29 is 18.9 Å². The summed E-state index contributed by atoms with van der Waals surface area (Å²) in [6.45, 7) is 16.9. The van der Waals surface area contributed by atoms with E-state index >= 15 is 0 Å². The van der Waals surface area contributed by atoms with E-state index in [0.29, 0.717) is 51.3 Å². The van der Waals surface area contributed by atoms with Crippen LogP contribution in [0.15, 0.2) is 54.6 Å². The molecule has 0 spiro atoms. The number of nitrogens with zero attached hydrogens (tertiary/aromatic N) is 6. The number of nitrogens with one attached hydrogen (secondary N) is 2. The van der Waals surface area contributed by atoms with E-state index in [2.05, 4.69) is 106 Å². The van der Waals surface area contributed by atoms with Gasteiger partial charge in [0.25, 0.3) is 0 Å². The number of unbranched alkanes of at least 4 members (excludes halogenated alkanes) is 78. The van der Waals surface area contributed by atoms with E-state index in [4.69, 9.17) is 48.9 Å². The van der Waals surface area contributed by atoms with Crippen LogP contribution in [0.3, 0.4) is 0 Å². The maximum atomic E-state index is 6.65. The van der Waals surface area contributed by atoms with Gasteiger partial charge in [-0.1, -0.05) is 542 Å². The molecule has 8 bridgehead atoms. The summed E-state index contributed by atoms with van der Waals surface area (Å²) in [5.41, 5.74) is 16.0. The lowest BCUT2D eigenvalue weighted by molar-refractivity contribution is 0.0180. The molecule has 0 saturated heterocycles. The zero-order valence-corrected chi connectivity index (χ0v) is 96.9. The number of benzene rings is 4. The molecule has 0 unspecified atom stereocenters. The molecule has 2 aliphatic rings. The fourth-order valence-electron chi connectivity index (χ4n) is 23.4. The van der Waals surface area contributed by atoms with Gasteiger partial charge >= 0.3 is 0 Å². The van der Waals surface area contributed by atoms with E-state index in [1.54, 1.807) is 7.11 Å². The Morgan fingerprint density at radius 1 is 0.177 bits per heavy atom. The second kappa shape index (κ2) is 83.4. The fourth-order valence-corrected chi connectivity index (χ4v) is 23.4. The van der Waals surface area contributed by atoms with Gasteiger partial charge in [0.2, 0.25) is 0 Å². The van der Waals surface area contributed by atoms with E-state index in [1.807, 2.05) is 0 Å². The molecule has 12 heteroatoms. The molecule has 4 aromatic carbocycles. The summed E-state index contributed by atoms with van der Waals surface area (Å²) < 4.78 is 23.7. The van der Waals surface area contributed by atoms with Crippen LogP contribution in [0, 0.1) is 0 Å². The van der Waals surface area contributed by atoms with Gasteiger partial charge in [0.1, 0.15) is 34.9 Å². The number of ether oxygens (including phenoxy) is 4. The third kappa shape index (κ3) is 52.1. The van der Waals surface area contributed by atoms with Crippen LogP contribution >= 0.6 is 0 Å². The Bertz CT molecular complexity index is 4580. The van der Waals surface area contributed by atoms with Crippen molar-refractivity contribution in [3.05, 3.63) is 88.0 Å². The number of aryl methyl sites for hydroxylation is 6. The normalized spacial score (nSPS) is 12.0. The molecule has 0 fully saturated rings. The van der Waals surface area contributed by atoms with Crippen LogP contribution < -0.4 is 4.74 Å². The quantitative estimate of drug-likeness (QED) is 0.0353. The van der Waals surface area contributed by atoms with Crippen molar-refractivity contribution >= 4 is 44.1 Å². The van der Waals surface area contributed by atoms with Crippen molar-refractivity contribution in [1.29, 1.82) is 0 Å². The van der Waals surface area contributed by atoms with Crippen LogP contribution in [0.25, 0.3) is 89.7 Å². The van der Waals surface area contributed by atoms with Gasteiger partial charge in [-0.25, -0.2) is 29.9 Å². The first-order chi connectivity index (χ1) is 72.9. The lowest BCUT2D eigenvalue weighted by Gasteiger charge is -2.13. The maximum Gasteiger partial charge on any atom is 0.164 e. The third-order valence-corrected chi connectivity index (χ3v) is 32.9. The molecule has 12 nitrogen and oxygen atoms in total. The number of aromatic amines is 2. The molecule has 9 rings (SSSR count). The minimum Gasteiger partial charge on any atom is -0.491 e. The molecule has 0 saturated carbocycles. The molecule has 147 heavy (non-hydrogen) atoms. The Balaban J connectivity index is 1.15. The average Bonchev–Trinajstić information content (AvgIpc) is 1.59. The molecule has 5 heterocycles. The van der Waals surface area contributed by atoms with Crippen molar-refractivity contribution in [2.75, 3.05) is 46.8 Å². The summed E-state index contributed by atoms with van der Waals surface area (Å²) >= 11 is 0. The highest BCUT2D eigenvalue weighted by atomic mass is 16.6. The van der Waals surface area contributed by atoms with Crippen LogP contribution in [-0.4, -0.2) is 86.6 Å². The highest BCUT2D eigenvalue weighted by Crippen LogP contribution is 2.43. The zero-order valence-electron chi connectivity index (χ0n) is 96.9. The summed E-state index contributed by atoms with van der Waals surface area (Å²) in [5, 5.41) is 4.37.